The van der Waals surface area contributed by atoms with Crippen molar-refractivity contribution < 1.29 is 10.2 Å². The predicted molar refractivity (Wildman–Crippen MR) is 56.3 cm³/mol. The molecule has 0 aliphatic carbocycles. The van der Waals surface area contributed by atoms with Crippen molar-refractivity contribution in [2.45, 2.75) is 12.5 Å². The standard InChI is InChI=1S/C10H11NO2S/c12-6-5-8(13)10-11-7-3-1-2-4-9(7)14-10/h1-4,8,12-13H,5-6H2. The van der Waals surface area contributed by atoms with Gasteiger partial charge in [0.25, 0.3) is 0 Å². The number of fused-ring (bicyclic) bond motifs is 1. The van der Waals surface area contributed by atoms with Gasteiger partial charge in [-0.1, -0.05) is 12.1 Å². The van der Waals surface area contributed by atoms with Crippen LogP contribution in [0.25, 0.3) is 10.2 Å². The van der Waals surface area contributed by atoms with Crippen LogP contribution in [0.1, 0.15) is 17.5 Å². The predicted octanol–water partition coefficient (Wildman–Crippen LogP) is 1.71. The van der Waals surface area contributed by atoms with Gasteiger partial charge in [-0.25, -0.2) is 4.98 Å². The maximum absolute atomic E-state index is 9.61. The summed E-state index contributed by atoms with van der Waals surface area (Å²) >= 11 is 1.47. The van der Waals surface area contributed by atoms with E-state index in [0.29, 0.717) is 11.4 Å². The summed E-state index contributed by atoms with van der Waals surface area (Å²) in [5.74, 6) is 0. The van der Waals surface area contributed by atoms with Crippen LogP contribution in [0.3, 0.4) is 0 Å². The fourth-order valence-corrected chi connectivity index (χ4v) is 2.27. The third kappa shape index (κ3) is 1.77. The molecule has 4 heteroatoms. The van der Waals surface area contributed by atoms with E-state index in [1.54, 1.807) is 0 Å². The van der Waals surface area contributed by atoms with E-state index in [4.69, 9.17) is 5.11 Å². The van der Waals surface area contributed by atoms with Crippen LogP contribution in [0.15, 0.2) is 24.3 Å². The molecule has 2 aromatic rings. The number of rotatable bonds is 3. The normalized spacial score (nSPS) is 13.3. The molecule has 1 unspecified atom stereocenters. The molecule has 2 N–H and O–H groups in total. The lowest BCUT2D eigenvalue weighted by molar-refractivity contribution is 0.134. The molecular formula is C10H11NO2S. The van der Waals surface area contributed by atoms with Crippen molar-refractivity contribution in [3.63, 3.8) is 0 Å². The lowest BCUT2D eigenvalue weighted by Gasteiger charge is -2.02. The Morgan fingerprint density at radius 2 is 2.14 bits per heavy atom. The second-order valence-corrected chi connectivity index (χ2v) is 4.11. The summed E-state index contributed by atoms with van der Waals surface area (Å²) in [5, 5.41) is 19.0. The molecule has 2 rings (SSSR count). The van der Waals surface area contributed by atoms with Crippen molar-refractivity contribution in [1.29, 1.82) is 0 Å². The number of benzene rings is 1. The summed E-state index contributed by atoms with van der Waals surface area (Å²) < 4.78 is 1.07. The second kappa shape index (κ2) is 4.04. The summed E-state index contributed by atoms with van der Waals surface area (Å²) in [6.45, 7) is -0.0168. The van der Waals surface area contributed by atoms with Crippen molar-refractivity contribution in [2.75, 3.05) is 6.61 Å². The summed E-state index contributed by atoms with van der Waals surface area (Å²) in [6.07, 6.45) is -0.294. The Bertz CT molecular complexity index is 394. The number of aromatic nitrogens is 1. The van der Waals surface area contributed by atoms with Gasteiger partial charge in [0.2, 0.25) is 0 Å². The van der Waals surface area contributed by atoms with E-state index in [9.17, 15) is 5.11 Å². The van der Waals surface area contributed by atoms with Crippen molar-refractivity contribution in [3.05, 3.63) is 29.3 Å². The van der Waals surface area contributed by atoms with Crippen LogP contribution in [-0.4, -0.2) is 21.8 Å². The van der Waals surface area contributed by atoms with Gasteiger partial charge in [-0.15, -0.1) is 11.3 Å². The van der Waals surface area contributed by atoms with Crippen LogP contribution in [0.4, 0.5) is 0 Å². The molecule has 0 aliphatic rings. The number of nitrogens with zero attached hydrogens (tertiary/aromatic N) is 1. The maximum atomic E-state index is 9.61. The van der Waals surface area contributed by atoms with Crippen molar-refractivity contribution in [1.82, 2.24) is 4.98 Å². The summed E-state index contributed by atoms with van der Waals surface area (Å²) in [4.78, 5) is 4.29. The fraction of sp³-hybridized carbons (Fsp3) is 0.300. The lowest BCUT2D eigenvalue weighted by Crippen LogP contribution is -1.98. The quantitative estimate of drug-likeness (QED) is 0.809. The molecule has 0 amide bonds. The molecule has 0 saturated carbocycles. The van der Waals surface area contributed by atoms with Gasteiger partial charge in [0, 0.05) is 13.0 Å². The van der Waals surface area contributed by atoms with E-state index in [1.807, 2.05) is 24.3 Å². The average molecular weight is 209 g/mol. The number of hydrogen-bond acceptors (Lipinski definition) is 4. The number of hydrogen-bond donors (Lipinski definition) is 2. The van der Waals surface area contributed by atoms with Crippen LogP contribution < -0.4 is 0 Å². The molecular weight excluding hydrogens is 198 g/mol. The molecule has 1 aromatic carbocycles. The van der Waals surface area contributed by atoms with E-state index in [0.717, 1.165) is 10.2 Å². The van der Waals surface area contributed by atoms with Crippen LogP contribution >= 0.6 is 11.3 Å². The van der Waals surface area contributed by atoms with Crippen LogP contribution in [0.2, 0.25) is 0 Å². The topological polar surface area (TPSA) is 53.4 Å². The van der Waals surface area contributed by atoms with Crippen molar-refractivity contribution in [3.8, 4) is 0 Å². The Morgan fingerprint density at radius 3 is 2.86 bits per heavy atom. The Hall–Kier alpha value is -0.970. The highest BCUT2D eigenvalue weighted by Gasteiger charge is 2.11. The third-order valence-corrected chi connectivity index (χ3v) is 3.14. The summed E-state index contributed by atoms with van der Waals surface area (Å²) in [5.41, 5.74) is 0.907. The maximum Gasteiger partial charge on any atom is 0.123 e. The zero-order valence-electron chi connectivity index (χ0n) is 7.55. The molecule has 0 saturated heterocycles. The van der Waals surface area contributed by atoms with E-state index in [1.165, 1.54) is 11.3 Å². The van der Waals surface area contributed by atoms with Crippen molar-refractivity contribution >= 4 is 21.6 Å². The molecule has 0 aliphatic heterocycles. The SMILES string of the molecule is OCCC(O)c1nc2ccccc2s1. The molecule has 0 spiro atoms. The Kier molecular flexibility index (Phi) is 2.77. The van der Waals surface area contributed by atoms with Gasteiger partial charge in [-0.3, -0.25) is 0 Å². The van der Waals surface area contributed by atoms with Crippen molar-refractivity contribution in [2.24, 2.45) is 0 Å². The molecule has 74 valence electrons. The van der Waals surface area contributed by atoms with Crippen LogP contribution in [0, 0.1) is 0 Å². The molecule has 0 fully saturated rings. The second-order valence-electron chi connectivity index (χ2n) is 3.05. The Balaban J connectivity index is 2.35. The van der Waals surface area contributed by atoms with Gasteiger partial charge in [-0.2, -0.15) is 0 Å². The van der Waals surface area contributed by atoms with E-state index in [-0.39, 0.29) is 6.61 Å². The number of para-hydroxylation sites is 1. The minimum Gasteiger partial charge on any atom is -0.396 e. The van der Waals surface area contributed by atoms with Gasteiger partial charge >= 0.3 is 0 Å². The summed E-state index contributed by atoms with van der Waals surface area (Å²) in [6, 6.07) is 7.76. The number of thiazole rings is 1. The minimum absolute atomic E-state index is 0.0168. The first-order valence-electron chi connectivity index (χ1n) is 4.45. The van der Waals surface area contributed by atoms with E-state index >= 15 is 0 Å². The van der Waals surface area contributed by atoms with Gasteiger partial charge in [0.1, 0.15) is 11.1 Å². The third-order valence-electron chi connectivity index (χ3n) is 2.00. The largest absolute Gasteiger partial charge is 0.396 e. The highest BCUT2D eigenvalue weighted by molar-refractivity contribution is 7.18. The monoisotopic (exact) mass is 209 g/mol. The highest BCUT2D eigenvalue weighted by atomic mass is 32.1. The molecule has 0 bridgehead atoms. The first-order chi connectivity index (χ1) is 6.81. The lowest BCUT2D eigenvalue weighted by atomic mass is 10.3. The number of aliphatic hydroxyl groups is 2. The zero-order chi connectivity index (χ0) is 9.97. The molecule has 14 heavy (non-hydrogen) atoms. The van der Waals surface area contributed by atoms with Crippen LogP contribution in [0.5, 0.6) is 0 Å². The van der Waals surface area contributed by atoms with Gasteiger partial charge < -0.3 is 10.2 Å². The minimum atomic E-state index is -0.641. The first-order valence-corrected chi connectivity index (χ1v) is 5.27. The van der Waals surface area contributed by atoms with Gasteiger partial charge in [-0.05, 0) is 12.1 Å². The Morgan fingerprint density at radius 1 is 1.36 bits per heavy atom. The average Bonchev–Trinajstić information content (AvgIpc) is 2.61. The zero-order valence-corrected chi connectivity index (χ0v) is 8.37. The smallest absolute Gasteiger partial charge is 0.123 e. The van der Waals surface area contributed by atoms with Gasteiger partial charge in [0.05, 0.1) is 10.2 Å². The van der Waals surface area contributed by atoms with Gasteiger partial charge in [0.15, 0.2) is 0 Å². The fourth-order valence-electron chi connectivity index (χ4n) is 1.28. The van der Waals surface area contributed by atoms with E-state index < -0.39 is 6.10 Å². The molecule has 3 nitrogen and oxygen atoms in total. The molecule has 1 atom stereocenters. The molecule has 1 heterocycles. The first kappa shape index (κ1) is 9.58. The summed E-state index contributed by atoms with van der Waals surface area (Å²) in [7, 11) is 0. The number of aliphatic hydroxyl groups excluding tert-OH is 2. The highest BCUT2D eigenvalue weighted by Crippen LogP contribution is 2.27. The van der Waals surface area contributed by atoms with E-state index in [2.05, 4.69) is 4.98 Å². The molecule has 0 radical (unpaired) electrons. The molecule has 1 aromatic heterocycles. The van der Waals surface area contributed by atoms with Crippen LogP contribution in [-0.2, 0) is 0 Å². The Labute approximate surface area is 85.7 Å².